The SMILES string of the molecule is CC[C@H](C)[C@@H]1NC(=O)[C@H](C)N(C)C(=O)C[C@@H](C)NC(=O)[C@H](CC(C)C)N(C)C(=O)[C@H](CC2CCCCC2)N(C)C(=O)[C@@H]2C[C@@H](O)CN2C(=O)[C@H](CCC2CCC(C(F)(F)F)CC2)NC(=O)CN(C)C(=O)[C@H](CC2CCC(Cl)CC2)N(C)C(=O)CN(C)C(=O)CN(C)C1=O. The largest absolute Gasteiger partial charge is 0.391 e. The third-order valence-electron chi connectivity index (χ3n) is 20.6. The van der Waals surface area contributed by atoms with Crippen molar-refractivity contribution < 1.29 is 71.0 Å². The zero-order chi connectivity index (χ0) is 69.5. The fourth-order valence-corrected chi connectivity index (χ4v) is 14.3. The molecule has 11 amide bonds. The quantitative estimate of drug-likeness (QED) is 0.201. The van der Waals surface area contributed by atoms with Crippen LogP contribution in [0.25, 0.3) is 0 Å². The van der Waals surface area contributed by atoms with Gasteiger partial charge in [0.2, 0.25) is 65.0 Å². The van der Waals surface area contributed by atoms with Gasteiger partial charge in [-0.25, -0.2) is 0 Å². The van der Waals surface area contributed by atoms with Crippen LogP contribution in [-0.4, -0.2) is 251 Å². The van der Waals surface area contributed by atoms with E-state index in [0.717, 1.165) is 46.8 Å². The number of rotatable bonds is 11. The molecule has 0 aromatic rings. The van der Waals surface area contributed by atoms with E-state index in [2.05, 4.69) is 16.0 Å². The predicted octanol–water partition coefficient (Wildman–Crippen LogP) is 4.93. The molecule has 0 unspecified atom stereocenters. The average Bonchev–Trinajstić information content (AvgIpc) is 1.76. The molecular formula is C66H109ClF3N11O12. The van der Waals surface area contributed by atoms with Gasteiger partial charge in [0, 0.05) is 80.1 Å². The molecule has 5 aliphatic rings. The summed E-state index contributed by atoms with van der Waals surface area (Å²) in [6, 6.07) is -9.23. The monoisotopic (exact) mass is 1340 g/mol. The molecule has 5 fully saturated rings. The van der Waals surface area contributed by atoms with Crippen molar-refractivity contribution in [2.75, 3.05) is 75.5 Å². The molecule has 23 nitrogen and oxygen atoms in total. The molecule has 10 atom stereocenters. The number of halogens is 4. The normalized spacial score (nSPS) is 31.4. The highest BCUT2D eigenvalue weighted by molar-refractivity contribution is 6.20. The van der Waals surface area contributed by atoms with E-state index in [-0.39, 0.29) is 106 Å². The standard InChI is InChI=1S/C66H109ClF3N11O12/c1-14-40(4)58-65(93)76(9)37-56(85)74(7)38-57(86)78(11)51(33-45-22-27-47(67)28-23-45)62(90)75(8)36-54(83)72-49(29-24-43-20-25-46(26-21-43)66(68,69)70)61(89)81-35-48(82)34-53(81)64(92)80(13)52(32-44-18-16-15-17-19-44)63(91)79(12)50(30-39(2)3)60(88)71-41(5)31-55(84)77(10)42(6)59(87)73-58/h39-53,58,82H,14-38H2,1-13H3,(H,71,88)(H,72,83)(H,73,87)/t40-,41+,42-,43?,45?,46?,47?,48+,49-,50-,51-,52-,53-,58-/m0/s1. The number of aliphatic hydroxyl groups is 1. The number of fused-ring (bicyclic) bond motifs is 1. The summed E-state index contributed by atoms with van der Waals surface area (Å²) in [6.45, 7) is 8.45. The van der Waals surface area contributed by atoms with E-state index in [9.17, 15) is 56.6 Å². The van der Waals surface area contributed by atoms with E-state index in [4.69, 9.17) is 11.6 Å². The maximum atomic E-state index is 15.3. The van der Waals surface area contributed by atoms with Gasteiger partial charge in [-0.1, -0.05) is 66.2 Å². The van der Waals surface area contributed by atoms with Gasteiger partial charge in [0.1, 0.15) is 42.3 Å². The van der Waals surface area contributed by atoms with Crippen LogP contribution in [0.5, 0.6) is 0 Å². The Hall–Kier alpha value is -5.79. The van der Waals surface area contributed by atoms with Crippen molar-refractivity contribution >= 4 is 76.6 Å². The van der Waals surface area contributed by atoms with Crippen molar-refractivity contribution in [3.8, 4) is 0 Å². The second-order valence-corrected chi connectivity index (χ2v) is 28.9. The molecule has 0 radical (unpaired) electrons. The third kappa shape index (κ3) is 21.9. The van der Waals surface area contributed by atoms with Crippen LogP contribution < -0.4 is 16.0 Å². The first-order chi connectivity index (χ1) is 43.5. The minimum absolute atomic E-state index is 0.00645. The maximum absolute atomic E-state index is 15.3. The van der Waals surface area contributed by atoms with Crippen LogP contribution in [0.3, 0.4) is 0 Å². The summed E-state index contributed by atoms with van der Waals surface area (Å²) in [5.41, 5.74) is 0. The first-order valence-corrected chi connectivity index (χ1v) is 34.4. The lowest BCUT2D eigenvalue weighted by Gasteiger charge is -2.39. The molecule has 3 saturated carbocycles. The Morgan fingerprint density at radius 3 is 1.69 bits per heavy atom. The zero-order valence-corrected chi connectivity index (χ0v) is 58.2. The molecule has 2 aliphatic heterocycles. The van der Waals surface area contributed by atoms with Gasteiger partial charge in [-0.2, -0.15) is 13.2 Å². The van der Waals surface area contributed by atoms with Crippen molar-refractivity contribution in [2.45, 2.75) is 242 Å². The summed E-state index contributed by atoms with van der Waals surface area (Å²) in [6.07, 6.45) is 2.22. The Balaban J connectivity index is 1.56. The molecule has 3 aliphatic carbocycles. The number of hydrogen-bond acceptors (Lipinski definition) is 12. The Morgan fingerprint density at radius 1 is 0.559 bits per heavy atom. The van der Waals surface area contributed by atoms with Gasteiger partial charge in [0.25, 0.3) is 0 Å². The topological polar surface area (TPSA) is 270 Å². The van der Waals surface area contributed by atoms with Crippen LogP contribution in [0.2, 0.25) is 0 Å². The number of alkyl halides is 4. The van der Waals surface area contributed by atoms with Gasteiger partial charge in [-0.15, -0.1) is 11.6 Å². The minimum atomic E-state index is -4.37. The highest BCUT2D eigenvalue weighted by Crippen LogP contribution is 2.41. The Kier molecular flexibility index (Phi) is 29.6. The Labute approximate surface area is 554 Å². The Bertz CT molecular complexity index is 2600. The second kappa shape index (κ2) is 35.3. The highest BCUT2D eigenvalue weighted by atomic mass is 35.5. The van der Waals surface area contributed by atoms with E-state index in [0.29, 0.717) is 32.1 Å². The van der Waals surface area contributed by atoms with Gasteiger partial charge >= 0.3 is 6.18 Å². The molecule has 93 heavy (non-hydrogen) atoms. The number of carbonyl (C=O) groups excluding carboxylic acids is 11. The summed E-state index contributed by atoms with van der Waals surface area (Å²) in [4.78, 5) is 169. The van der Waals surface area contributed by atoms with E-state index >= 15 is 14.4 Å². The van der Waals surface area contributed by atoms with Crippen LogP contribution in [0.15, 0.2) is 0 Å². The number of nitrogens with zero attached hydrogens (tertiary/aromatic N) is 8. The van der Waals surface area contributed by atoms with Crippen LogP contribution in [0.1, 0.15) is 176 Å². The average molecular weight is 1340 g/mol. The van der Waals surface area contributed by atoms with Crippen LogP contribution in [0, 0.1) is 35.5 Å². The lowest BCUT2D eigenvalue weighted by molar-refractivity contribution is -0.184. The summed E-state index contributed by atoms with van der Waals surface area (Å²) in [5, 5.41) is 19.8. The van der Waals surface area contributed by atoms with Gasteiger partial charge in [0.15, 0.2) is 0 Å². The number of amides is 11. The van der Waals surface area contributed by atoms with Crippen molar-refractivity contribution in [1.82, 2.24) is 55.1 Å². The van der Waals surface area contributed by atoms with Crippen LogP contribution in [-0.2, 0) is 52.7 Å². The van der Waals surface area contributed by atoms with E-state index in [1.54, 1.807) is 13.8 Å². The van der Waals surface area contributed by atoms with Crippen LogP contribution in [0.4, 0.5) is 13.2 Å². The summed E-state index contributed by atoms with van der Waals surface area (Å²) in [7, 11) is 9.91. The highest BCUT2D eigenvalue weighted by Gasteiger charge is 2.47. The first-order valence-electron chi connectivity index (χ1n) is 33.9. The smallest absolute Gasteiger partial charge is 0.391 e. The fraction of sp³-hybridized carbons (Fsp3) is 0.833. The molecule has 0 aromatic carbocycles. The van der Waals surface area contributed by atoms with Gasteiger partial charge < -0.3 is 60.3 Å². The van der Waals surface area contributed by atoms with Crippen molar-refractivity contribution in [3.05, 3.63) is 0 Å². The van der Waals surface area contributed by atoms with Crippen molar-refractivity contribution in [3.63, 3.8) is 0 Å². The zero-order valence-electron chi connectivity index (χ0n) is 57.4. The van der Waals surface area contributed by atoms with E-state index in [1.807, 2.05) is 20.8 Å². The molecule has 0 bridgehead atoms. The molecule has 2 heterocycles. The minimum Gasteiger partial charge on any atom is -0.391 e. The third-order valence-corrected chi connectivity index (χ3v) is 21.1. The van der Waals surface area contributed by atoms with Gasteiger partial charge in [-0.3, -0.25) is 52.7 Å². The van der Waals surface area contributed by atoms with Crippen LogP contribution >= 0.6 is 11.6 Å². The molecule has 0 aromatic heterocycles. The predicted molar refractivity (Wildman–Crippen MR) is 344 cm³/mol. The summed E-state index contributed by atoms with van der Waals surface area (Å²) in [5.74, 6) is -9.45. The van der Waals surface area contributed by atoms with E-state index < -0.39 is 157 Å². The summed E-state index contributed by atoms with van der Waals surface area (Å²) < 4.78 is 41.4. The van der Waals surface area contributed by atoms with Gasteiger partial charge in [0.05, 0.1) is 31.7 Å². The van der Waals surface area contributed by atoms with Gasteiger partial charge in [-0.05, 0) is 127 Å². The van der Waals surface area contributed by atoms with E-state index in [1.165, 1.54) is 80.8 Å². The number of hydrogen-bond donors (Lipinski definition) is 4. The molecular weight excluding hydrogens is 1230 g/mol. The number of nitrogens with one attached hydrogen (secondary N) is 3. The molecule has 2 saturated heterocycles. The lowest BCUT2D eigenvalue weighted by atomic mass is 9.79. The number of likely N-dealkylation sites (N-methyl/N-ethyl adjacent to an activating group) is 7. The first kappa shape index (κ1) is 77.9. The summed E-state index contributed by atoms with van der Waals surface area (Å²) >= 11 is 6.48. The molecule has 27 heteroatoms. The van der Waals surface area contributed by atoms with Crippen molar-refractivity contribution in [2.24, 2.45) is 35.5 Å². The Morgan fingerprint density at radius 2 is 1.11 bits per heavy atom. The number of carbonyl (C=O) groups is 11. The lowest BCUT2D eigenvalue weighted by Crippen LogP contribution is -2.59. The molecule has 528 valence electrons. The second-order valence-electron chi connectivity index (χ2n) is 28.3. The maximum Gasteiger partial charge on any atom is 0.391 e. The van der Waals surface area contributed by atoms with Crippen molar-refractivity contribution in [1.29, 1.82) is 0 Å². The molecule has 0 spiro atoms. The molecule has 5 rings (SSSR count). The number of aliphatic hydroxyl groups excluding tert-OH is 1. The molecule has 4 N–H and O–H groups in total. The fourth-order valence-electron chi connectivity index (χ4n) is 14.0.